The number of hydrogen-bond acceptors (Lipinski definition) is 5. The maximum Gasteiger partial charge on any atom is 0.257 e. The number of rotatable bonds is 7. The molecule has 0 spiro atoms. The van der Waals surface area contributed by atoms with Crippen molar-refractivity contribution in [3.05, 3.63) is 70.4 Å². The van der Waals surface area contributed by atoms with E-state index in [-0.39, 0.29) is 18.3 Å². The SMILES string of the molecule is O=C(COc1ccc(Cl)cc1)NCCc1csc2nc(-c3ccccc3F)nn12. The lowest BCUT2D eigenvalue weighted by Crippen LogP contribution is -2.30. The zero-order valence-corrected chi connectivity index (χ0v) is 16.7. The molecule has 29 heavy (non-hydrogen) atoms. The molecule has 1 amide bonds. The fourth-order valence-electron chi connectivity index (χ4n) is 2.71. The molecule has 2 heterocycles. The van der Waals surface area contributed by atoms with Gasteiger partial charge in [-0.2, -0.15) is 4.98 Å². The van der Waals surface area contributed by atoms with Crippen LogP contribution in [-0.4, -0.2) is 33.7 Å². The minimum Gasteiger partial charge on any atom is -0.484 e. The molecule has 0 aliphatic rings. The van der Waals surface area contributed by atoms with Crippen molar-refractivity contribution >= 4 is 33.8 Å². The van der Waals surface area contributed by atoms with Crippen LogP contribution in [0.2, 0.25) is 5.02 Å². The Labute approximate surface area is 174 Å². The average Bonchev–Trinajstić information content (AvgIpc) is 3.29. The zero-order valence-electron chi connectivity index (χ0n) is 15.1. The Morgan fingerprint density at radius 1 is 1.21 bits per heavy atom. The van der Waals surface area contributed by atoms with E-state index >= 15 is 0 Å². The number of nitrogens with one attached hydrogen (secondary N) is 1. The van der Waals surface area contributed by atoms with Crippen molar-refractivity contribution in [2.75, 3.05) is 13.2 Å². The standard InChI is InChI=1S/C20H16ClFN4O2S/c21-13-5-7-15(8-6-13)28-11-18(27)23-10-9-14-12-29-20-24-19(25-26(14)20)16-3-1-2-4-17(16)22/h1-8,12H,9-11H2,(H,23,27). The van der Waals surface area contributed by atoms with Crippen LogP contribution < -0.4 is 10.1 Å². The Morgan fingerprint density at radius 3 is 2.79 bits per heavy atom. The molecule has 0 saturated carbocycles. The summed E-state index contributed by atoms with van der Waals surface area (Å²) in [6.45, 7) is 0.338. The first-order valence-electron chi connectivity index (χ1n) is 8.83. The van der Waals surface area contributed by atoms with Crippen LogP contribution in [0.3, 0.4) is 0 Å². The highest BCUT2D eigenvalue weighted by molar-refractivity contribution is 7.15. The summed E-state index contributed by atoms with van der Waals surface area (Å²) in [7, 11) is 0. The van der Waals surface area contributed by atoms with E-state index in [4.69, 9.17) is 16.3 Å². The number of ether oxygens (including phenoxy) is 1. The van der Waals surface area contributed by atoms with Crippen molar-refractivity contribution in [1.82, 2.24) is 19.9 Å². The van der Waals surface area contributed by atoms with E-state index in [2.05, 4.69) is 15.4 Å². The second-order valence-electron chi connectivity index (χ2n) is 6.18. The van der Waals surface area contributed by atoms with Gasteiger partial charge in [0, 0.05) is 23.4 Å². The lowest BCUT2D eigenvalue weighted by Gasteiger charge is -2.07. The molecule has 0 unspecified atom stereocenters. The third-order valence-electron chi connectivity index (χ3n) is 4.15. The summed E-state index contributed by atoms with van der Waals surface area (Å²) in [5.74, 6) is 0.335. The highest BCUT2D eigenvalue weighted by Crippen LogP contribution is 2.23. The third kappa shape index (κ3) is 4.55. The fourth-order valence-corrected chi connectivity index (χ4v) is 3.70. The number of fused-ring (bicyclic) bond motifs is 1. The van der Waals surface area contributed by atoms with Crippen molar-refractivity contribution in [3.63, 3.8) is 0 Å². The summed E-state index contributed by atoms with van der Waals surface area (Å²) in [5, 5.41) is 9.75. The van der Waals surface area contributed by atoms with Gasteiger partial charge in [-0.05, 0) is 36.4 Å². The van der Waals surface area contributed by atoms with E-state index in [0.717, 1.165) is 5.69 Å². The number of aromatic nitrogens is 3. The molecule has 6 nitrogen and oxygen atoms in total. The summed E-state index contributed by atoms with van der Waals surface area (Å²) in [6.07, 6.45) is 0.562. The molecular weight excluding hydrogens is 415 g/mol. The Morgan fingerprint density at radius 2 is 2.00 bits per heavy atom. The van der Waals surface area contributed by atoms with Gasteiger partial charge in [0.05, 0.1) is 11.3 Å². The molecule has 1 N–H and O–H groups in total. The van der Waals surface area contributed by atoms with Crippen LogP contribution in [0.1, 0.15) is 5.69 Å². The van der Waals surface area contributed by atoms with Gasteiger partial charge in [0.25, 0.3) is 5.91 Å². The van der Waals surface area contributed by atoms with Gasteiger partial charge < -0.3 is 10.1 Å². The van der Waals surface area contributed by atoms with Crippen LogP contribution in [0, 0.1) is 5.82 Å². The first-order chi connectivity index (χ1) is 14.1. The monoisotopic (exact) mass is 430 g/mol. The number of amides is 1. The largest absolute Gasteiger partial charge is 0.484 e. The summed E-state index contributed by atoms with van der Waals surface area (Å²) in [5.41, 5.74) is 1.25. The molecule has 2 aromatic heterocycles. The molecule has 0 fully saturated rings. The van der Waals surface area contributed by atoms with E-state index in [0.29, 0.717) is 40.1 Å². The van der Waals surface area contributed by atoms with E-state index in [1.165, 1.54) is 17.4 Å². The molecule has 0 aliphatic carbocycles. The lowest BCUT2D eigenvalue weighted by atomic mass is 10.2. The first-order valence-corrected chi connectivity index (χ1v) is 10.1. The summed E-state index contributed by atoms with van der Waals surface area (Å²) in [6, 6.07) is 13.2. The van der Waals surface area contributed by atoms with E-state index in [1.807, 2.05) is 5.38 Å². The van der Waals surface area contributed by atoms with Crippen molar-refractivity contribution in [3.8, 4) is 17.1 Å². The lowest BCUT2D eigenvalue weighted by molar-refractivity contribution is -0.123. The van der Waals surface area contributed by atoms with Gasteiger partial charge in [-0.1, -0.05) is 23.7 Å². The maximum absolute atomic E-state index is 14.0. The van der Waals surface area contributed by atoms with Gasteiger partial charge in [-0.25, -0.2) is 8.91 Å². The average molecular weight is 431 g/mol. The first kappa shape index (κ1) is 19.4. The van der Waals surface area contributed by atoms with Gasteiger partial charge >= 0.3 is 0 Å². The molecule has 0 bridgehead atoms. The van der Waals surface area contributed by atoms with Gasteiger partial charge in [-0.3, -0.25) is 4.79 Å². The smallest absolute Gasteiger partial charge is 0.257 e. The third-order valence-corrected chi connectivity index (χ3v) is 5.27. The van der Waals surface area contributed by atoms with Crippen LogP contribution in [0.5, 0.6) is 5.75 Å². The predicted octanol–water partition coefficient (Wildman–Crippen LogP) is 3.99. The Kier molecular flexibility index (Phi) is 5.73. The molecule has 148 valence electrons. The minimum absolute atomic E-state index is 0.0819. The van der Waals surface area contributed by atoms with Crippen LogP contribution in [0.15, 0.2) is 53.9 Å². The molecule has 4 rings (SSSR count). The number of carbonyl (C=O) groups excluding carboxylic acids is 1. The molecule has 9 heteroatoms. The molecule has 0 aliphatic heterocycles. The number of benzene rings is 2. The van der Waals surface area contributed by atoms with E-state index in [1.54, 1.807) is 47.0 Å². The summed E-state index contributed by atoms with van der Waals surface area (Å²) in [4.78, 5) is 17.0. The Balaban J connectivity index is 1.33. The molecule has 4 aromatic rings. The zero-order chi connectivity index (χ0) is 20.2. The molecule has 0 saturated heterocycles. The minimum atomic E-state index is -0.361. The van der Waals surface area contributed by atoms with E-state index in [9.17, 15) is 9.18 Å². The van der Waals surface area contributed by atoms with E-state index < -0.39 is 0 Å². The Bertz CT molecular complexity index is 1140. The van der Waals surface area contributed by atoms with Crippen LogP contribution in [0.4, 0.5) is 4.39 Å². The number of thiazole rings is 1. The normalized spacial score (nSPS) is 11.0. The number of hydrogen-bond donors (Lipinski definition) is 1. The number of halogens is 2. The van der Waals surface area contributed by atoms with Crippen molar-refractivity contribution in [1.29, 1.82) is 0 Å². The summed E-state index contributed by atoms with van der Waals surface area (Å²) < 4.78 is 21.1. The van der Waals surface area contributed by atoms with Crippen molar-refractivity contribution in [2.24, 2.45) is 0 Å². The van der Waals surface area contributed by atoms with Crippen LogP contribution >= 0.6 is 22.9 Å². The number of nitrogens with zero attached hydrogens (tertiary/aromatic N) is 3. The molecule has 0 atom stereocenters. The van der Waals surface area contributed by atoms with Gasteiger partial charge in [-0.15, -0.1) is 16.4 Å². The fraction of sp³-hybridized carbons (Fsp3) is 0.150. The van der Waals surface area contributed by atoms with Crippen molar-refractivity contribution < 1.29 is 13.9 Å². The second-order valence-corrected chi connectivity index (χ2v) is 7.45. The van der Waals surface area contributed by atoms with Crippen LogP contribution in [0.25, 0.3) is 16.3 Å². The topological polar surface area (TPSA) is 68.5 Å². The van der Waals surface area contributed by atoms with Crippen molar-refractivity contribution in [2.45, 2.75) is 6.42 Å². The Hall–Kier alpha value is -2.97. The predicted molar refractivity (Wildman–Crippen MR) is 110 cm³/mol. The second kappa shape index (κ2) is 8.59. The quantitative estimate of drug-likeness (QED) is 0.481. The summed E-state index contributed by atoms with van der Waals surface area (Å²) >= 11 is 7.23. The molecular formula is C20H16ClFN4O2S. The number of carbonyl (C=O) groups is 1. The molecule has 0 radical (unpaired) electrons. The van der Waals surface area contributed by atoms with Gasteiger partial charge in [0.2, 0.25) is 4.96 Å². The van der Waals surface area contributed by atoms with Gasteiger partial charge in [0.1, 0.15) is 11.6 Å². The highest BCUT2D eigenvalue weighted by atomic mass is 35.5. The highest BCUT2D eigenvalue weighted by Gasteiger charge is 2.14. The molecule has 2 aromatic carbocycles. The van der Waals surface area contributed by atoms with Gasteiger partial charge in [0.15, 0.2) is 12.4 Å². The van der Waals surface area contributed by atoms with Crippen LogP contribution in [-0.2, 0) is 11.2 Å². The maximum atomic E-state index is 14.0.